The number of nitrogens with one attached hydrogen (secondary N) is 1. The van der Waals surface area contributed by atoms with Crippen LogP contribution in [0.4, 0.5) is 0 Å². The van der Waals surface area contributed by atoms with Gasteiger partial charge in [-0.1, -0.05) is 6.07 Å². The van der Waals surface area contributed by atoms with Gasteiger partial charge in [-0.3, -0.25) is 0 Å². The average Bonchev–Trinajstić information content (AvgIpc) is 2.40. The van der Waals surface area contributed by atoms with Crippen LogP contribution in [-0.4, -0.2) is 52.3 Å². The molecule has 2 rings (SSSR count). The van der Waals surface area contributed by atoms with Gasteiger partial charge in [-0.15, -0.1) is 0 Å². The summed E-state index contributed by atoms with van der Waals surface area (Å²) in [4.78, 5) is 2.40. The molecule has 4 heteroatoms. The van der Waals surface area contributed by atoms with Gasteiger partial charge in [0.25, 0.3) is 0 Å². The van der Waals surface area contributed by atoms with Gasteiger partial charge in [0, 0.05) is 26.2 Å². The Morgan fingerprint density at radius 2 is 1.95 bits per heavy atom. The van der Waals surface area contributed by atoms with E-state index in [-0.39, 0.29) is 0 Å². The molecule has 1 aromatic carbocycles. The number of rotatable bonds is 7. The maximum Gasteiger partial charge on any atom is 0.160 e. The Morgan fingerprint density at radius 3 is 2.53 bits per heavy atom. The minimum absolute atomic E-state index is 0.792. The molecule has 1 saturated heterocycles. The Labute approximate surface area is 115 Å². The molecular weight excluding hydrogens is 240 g/mol. The zero-order chi connectivity index (χ0) is 13.7. The van der Waals surface area contributed by atoms with Crippen molar-refractivity contribution in [1.82, 2.24) is 10.2 Å². The molecule has 1 aliphatic heterocycles. The molecule has 0 bridgehead atoms. The Bertz CT molecular complexity index is 405. The van der Waals surface area contributed by atoms with Crippen LogP contribution < -0.4 is 14.8 Å². The van der Waals surface area contributed by atoms with Crippen LogP contribution in [0.5, 0.6) is 11.5 Å². The van der Waals surface area contributed by atoms with Gasteiger partial charge in [-0.25, -0.2) is 0 Å². The lowest BCUT2D eigenvalue weighted by atomic mass is 10.0. The van der Waals surface area contributed by atoms with Gasteiger partial charge in [0.15, 0.2) is 11.5 Å². The quantitative estimate of drug-likeness (QED) is 0.807. The average molecular weight is 264 g/mol. The summed E-state index contributed by atoms with van der Waals surface area (Å²) >= 11 is 0. The third kappa shape index (κ3) is 3.85. The fraction of sp³-hybridized carbons (Fsp3) is 0.600. The second-order valence-corrected chi connectivity index (χ2v) is 5.23. The largest absolute Gasteiger partial charge is 0.493 e. The van der Waals surface area contributed by atoms with E-state index in [1.165, 1.54) is 25.2 Å². The molecule has 106 valence electrons. The van der Waals surface area contributed by atoms with E-state index >= 15 is 0 Å². The second-order valence-electron chi connectivity index (χ2n) is 5.23. The van der Waals surface area contributed by atoms with E-state index in [4.69, 9.17) is 9.47 Å². The fourth-order valence-electron chi connectivity index (χ4n) is 2.37. The lowest BCUT2D eigenvalue weighted by Crippen LogP contribution is -2.47. The third-order valence-electron chi connectivity index (χ3n) is 3.67. The van der Waals surface area contributed by atoms with E-state index in [0.29, 0.717) is 0 Å². The smallest absolute Gasteiger partial charge is 0.160 e. The van der Waals surface area contributed by atoms with Crippen LogP contribution in [0, 0.1) is 5.92 Å². The van der Waals surface area contributed by atoms with Crippen LogP contribution >= 0.6 is 0 Å². The highest BCUT2D eigenvalue weighted by molar-refractivity contribution is 5.42. The Hall–Kier alpha value is -1.26. The molecule has 0 aliphatic carbocycles. The summed E-state index contributed by atoms with van der Waals surface area (Å²) in [7, 11) is 5.54. The van der Waals surface area contributed by atoms with Crippen LogP contribution in [0.3, 0.4) is 0 Å². The van der Waals surface area contributed by atoms with Crippen molar-refractivity contribution in [2.45, 2.75) is 6.42 Å². The molecule has 1 aliphatic rings. The van der Waals surface area contributed by atoms with E-state index in [0.717, 1.165) is 30.4 Å². The summed E-state index contributed by atoms with van der Waals surface area (Å²) in [6.45, 7) is 4.59. The molecule has 0 atom stereocenters. The van der Waals surface area contributed by atoms with Gasteiger partial charge >= 0.3 is 0 Å². The summed E-state index contributed by atoms with van der Waals surface area (Å²) in [5.41, 5.74) is 1.29. The van der Waals surface area contributed by atoms with Crippen molar-refractivity contribution in [2.75, 3.05) is 47.4 Å². The molecule has 1 N–H and O–H groups in total. The molecule has 0 amide bonds. The minimum Gasteiger partial charge on any atom is -0.493 e. The molecule has 1 fully saturated rings. The fourth-order valence-corrected chi connectivity index (χ4v) is 2.37. The van der Waals surface area contributed by atoms with E-state index in [2.05, 4.69) is 29.4 Å². The highest BCUT2D eigenvalue weighted by atomic mass is 16.5. The Balaban J connectivity index is 1.84. The second kappa shape index (κ2) is 6.78. The first-order valence-electron chi connectivity index (χ1n) is 6.83. The molecule has 1 heterocycles. The van der Waals surface area contributed by atoms with E-state index in [1.807, 2.05) is 6.07 Å². The molecule has 4 nitrogen and oxygen atoms in total. The third-order valence-corrected chi connectivity index (χ3v) is 3.67. The number of hydrogen-bond donors (Lipinski definition) is 1. The van der Waals surface area contributed by atoms with Gasteiger partial charge in [0.1, 0.15) is 0 Å². The van der Waals surface area contributed by atoms with Crippen molar-refractivity contribution in [3.63, 3.8) is 0 Å². The van der Waals surface area contributed by atoms with Crippen LogP contribution in [0.2, 0.25) is 0 Å². The summed E-state index contributed by atoms with van der Waals surface area (Å²) in [5.74, 6) is 2.43. The molecule has 1 aromatic rings. The molecule has 19 heavy (non-hydrogen) atoms. The number of methoxy groups -OCH3 is 2. The topological polar surface area (TPSA) is 33.7 Å². The first-order valence-corrected chi connectivity index (χ1v) is 6.83. The predicted molar refractivity (Wildman–Crippen MR) is 77.1 cm³/mol. The normalized spacial score (nSPS) is 15.4. The van der Waals surface area contributed by atoms with Crippen LogP contribution in [0.25, 0.3) is 0 Å². The summed E-state index contributed by atoms with van der Waals surface area (Å²) in [5, 5.41) is 3.31. The summed E-state index contributed by atoms with van der Waals surface area (Å²) < 4.78 is 10.6. The highest BCUT2D eigenvalue weighted by Gasteiger charge is 2.18. The Kier molecular flexibility index (Phi) is 5.05. The summed E-state index contributed by atoms with van der Waals surface area (Å²) in [6, 6.07) is 6.15. The zero-order valence-corrected chi connectivity index (χ0v) is 12.1. The van der Waals surface area contributed by atoms with Crippen LogP contribution in [0.15, 0.2) is 18.2 Å². The maximum absolute atomic E-state index is 5.33. The highest BCUT2D eigenvalue weighted by Crippen LogP contribution is 2.27. The van der Waals surface area contributed by atoms with Gasteiger partial charge in [-0.05, 0) is 37.1 Å². The monoisotopic (exact) mass is 264 g/mol. The van der Waals surface area contributed by atoms with Crippen molar-refractivity contribution in [3.05, 3.63) is 23.8 Å². The molecular formula is C15H24N2O2. The number of hydrogen-bond acceptors (Lipinski definition) is 4. The summed E-state index contributed by atoms with van der Waals surface area (Å²) in [6.07, 6.45) is 1.04. The number of nitrogens with zero attached hydrogens (tertiary/aromatic N) is 1. The number of ether oxygens (including phenoxy) is 2. The number of benzene rings is 1. The maximum atomic E-state index is 5.33. The van der Waals surface area contributed by atoms with Gasteiger partial charge in [0.05, 0.1) is 14.2 Å². The lowest BCUT2D eigenvalue weighted by molar-refractivity contribution is 0.226. The van der Waals surface area contributed by atoms with E-state index in [1.54, 1.807) is 14.2 Å². The van der Waals surface area contributed by atoms with Crippen molar-refractivity contribution >= 4 is 0 Å². The van der Waals surface area contributed by atoms with Crippen molar-refractivity contribution in [2.24, 2.45) is 5.92 Å². The van der Waals surface area contributed by atoms with Crippen molar-refractivity contribution in [3.8, 4) is 11.5 Å². The molecule has 0 unspecified atom stereocenters. The minimum atomic E-state index is 0.792. The van der Waals surface area contributed by atoms with Crippen molar-refractivity contribution in [1.29, 1.82) is 0 Å². The molecule has 0 aromatic heterocycles. The van der Waals surface area contributed by atoms with Gasteiger partial charge < -0.3 is 19.7 Å². The van der Waals surface area contributed by atoms with Crippen LogP contribution in [0.1, 0.15) is 5.56 Å². The number of likely N-dealkylation sites (N-methyl/N-ethyl adjacent to an activating group) is 1. The lowest BCUT2D eigenvalue weighted by Gasteiger charge is -2.31. The van der Waals surface area contributed by atoms with Gasteiger partial charge in [0.2, 0.25) is 0 Å². The SMILES string of the molecule is COc1ccc(CCN(C)CC2CNC2)cc1OC. The molecule has 0 spiro atoms. The first kappa shape index (κ1) is 14.2. The van der Waals surface area contributed by atoms with E-state index in [9.17, 15) is 0 Å². The van der Waals surface area contributed by atoms with E-state index < -0.39 is 0 Å². The van der Waals surface area contributed by atoms with Crippen LogP contribution in [-0.2, 0) is 6.42 Å². The first-order chi connectivity index (χ1) is 9.22. The Morgan fingerprint density at radius 1 is 1.21 bits per heavy atom. The zero-order valence-electron chi connectivity index (χ0n) is 12.1. The molecule has 0 saturated carbocycles. The predicted octanol–water partition coefficient (Wildman–Crippen LogP) is 1.40. The van der Waals surface area contributed by atoms with Gasteiger partial charge in [-0.2, -0.15) is 0 Å². The van der Waals surface area contributed by atoms with Crippen molar-refractivity contribution < 1.29 is 9.47 Å². The molecule has 0 radical (unpaired) electrons. The standard InChI is InChI=1S/C15H24N2O2/c1-17(11-13-9-16-10-13)7-6-12-4-5-14(18-2)15(8-12)19-3/h4-5,8,13,16H,6-7,9-11H2,1-3H3.